The maximum atomic E-state index is 13.3. The molecule has 0 aliphatic carbocycles. The molecule has 1 atom stereocenters. The molecule has 4 N–H and O–H groups in total. The van der Waals surface area contributed by atoms with Gasteiger partial charge < -0.3 is 25.6 Å². The summed E-state index contributed by atoms with van der Waals surface area (Å²) in [7, 11) is -3.25. The third kappa shape index (κ3) is 8.51. The Bertz CT molecular complexity index is 1500. The number of sulfonamides is 1. The van der Waals surface area contributed by atoms with Crippen molar-refractivity contribution in [1.29, 1.82) is 0 Å². The highest BCUT2D eigenvalue weighted by molar-refractivity contribution is 7.88. The minimum Gasteiger partial charge on any atom is -0.410 e. The molecule has 1 fully saturated rings. The Kier molecular flexibility index (Phi) is 10.9. The van der Waals surface area contributed by atoms with Crippen LogP contribution < -0.4 is 20.5 Å². The largest absolute Gasteiger partial charge is 0.415 e. The van der Waals surface area contributed by atoms with E-state index in [0.717, 1.165) is 27.5 Å². The fourth-order valence-corrected chi connectivity index (χ4v) is 6.08. The molecule has 226 valence electrons. The Morgan fingerprint density at radius 1 is 1.02 bits per heavy atom. The molecule has 0 saturated carbocycles. The van der Waals surface area contributed by atoms with Crippen molar-refractivity contribution >= 4 is 50.0 Å². The molecule has 0 bridgehead atoms. The van der Waals surface area contributed by atoms with Gasteiger partial charge in [-0.05, 0) is 41.3 Å². The van der Waals surface area contributed by atoms with Crippen molar-refractivity contribution in [2.75, 3.05) is 32.4 Å². The van der Waals surface area contributed by atoms with Gasteiger partial charge in [0.25, 0.3) is 0 Å². The molecule has 13 heteroatoms. The minimum atomic E-state index is -3.25. The maximum Gasteiger partial charge on any atom is 0.415 e. The fraction of sp³-hybridized carbons (Fsp3) is 0.414. The number of ether oxygens (including phenoxy) is 1. The van der Waals surface area contributed by atoms with Gasteiger partial charge in [0, 0.05) is 42.9 Å². The number of rotatable bonds is 12. The molecule has 2 heterocycles. The SMILES string of the molecule is CS(=O)(=O)NCCCCCC(=O)N1CCN(C(=O)Oc2ccc(CN)c3ccccc23)C[C@H]1C(=O)NCc1cccs1. The molecule has 4 rings (SSSR count). The number of unbranched alkanes of at least 4 members (excludes halogenated alkanes) is 2. The number of carbonyl (C=O) groups excluding carboxylic acids is 3. The van der Waals surface area contributed by atoms with E-state index in [1.807, 2.05) is 47.8 Å². The van der Waals surface area contributed by atoms with Crippen LogP contribution in [0.5, 0.6) is 5.75 Å². The Morgan fingerprint density at radius 2 is 1.81 bits per heavy atom. The van der Waals surface area contributed by atoms with Crippen molar-refractivity contribution in [3.8, 4) is 5.75 Å². The Morgan fingerprint density at radius 3 is 2.52 bits per heavy atom. The van der Waals surface area contributed by atoms with E-state index in [9.17, 15) is 22.8 Å². The molecule has 1 saturated heterocycles. The van der Waals surface area contributed by atoms with Crippen LogP contribution in [0.4, 0.5) is 4.79 Å². The molecule has 42 heavy (non-hydrogen) atoms. The lowest BCUT2D eigenvalue weighted by Gasteiger charge is -2.40. The summed E-state index contributed by atoms with van der Waals surface area (Å²) < 4.78 is 30.7. The molecule has 3 amide bonds. The second-order valence-electron chi connectivity index (χ2n) is 10.2. The molecule has 2 aromatic carbocycles. The van der Waals surface area contributed by atoms with Crippen molar-refractivity contribution < 1.29 is 27.5 Å². The standard InChI is InChI=1S/C29H37N5O6S2/c1-42(38,39)32-14-6-2-3-11-27(35)34-16-15-33(20-25(34)28(36)31-19-22-8-7-17-41-22)29(37)40-26-13-12-21(18-30)23-9-4-5-10-24(23)26/h4-5,7-10,12-13,17,25,32H,2-3,6,11,14-16,18-20,30H2,1H3,(H,31,36)/t25-/m0/s1. The smallest absolute Gasteiger partial charge is 0.410 e. The van der Waals surface area contributed by atoms with E-state index in [1.54, 1.807) is 6.07 Å². The first kappa shape index (κ1) is 31.4. The average Bonchev–Trinajstić information content (AvgIpc) is 3.50. The molecular weight excluding hydrogens is 578 g/mol. The van der Waals surface area contributed by atoms with E-state index in [1.165, 1.54) is 21.1 Å². The van der Waals surface area contributed by atoms with E-state index in [4.69, 9.17) is 10.5 Å². The fourth-order valence-electron chi connectivity index (χ4n) is 4.92. The van der Waals surface area contributed by atoms with Gasteiger partial charge in [-0.25, -0.2) is 17.9 Å². The van der Waals surface area contributed by atoms with Gasteiger partial charge >= 0.3 is 6.09 Å². The van der Waals surface area contributed by atoms with E-state index in [-0.39, 0.29) is 37.9 Å². The number of benzene rings is 2. The number of amides is 3. The van der Waals surface area contributed by atoms with Gasteiger partial charge in [-0.3, -0.25) is 9.59 Å². The maximum absolute atomic E-state index is 13.3. The first-order valence-corrected chi connectivity index (χ1v) is 16.6. The first-order chi connectivity index (χ1) is 20.2. The quantitative estimate of drug-likeness (QED) is 0.265. The third-order valence-electron chi connectivity index (χ3n) is 7.10. The summed E-state index contributed by atoms with van der Waals surface area (Å²) in [6.07, 6.45) is 2.55. The summed E-state index contributed by atoms with van der Waals surface area (Å²) in [5.74, 6) is -0.126. The molecule has 11 nitrogen and oxygen atoms in total. The highest BCUT2D eigenvalue weighted by Gasteiger charge is 2.37. The molecular formula is C29H37N5O6S2. The van der Waals surface area contributed by atoms with Crippen LogP contribution in [0.15, 0.2) is 53.9 Å². The lowest BCUT2D eigenvalue weighted by Crippen LogP contribution is -2.61. The number of fused-ring (bicyclic) bond motifs is 1. The van der Waals surface area contributed by atoms with Gasteiger partial charge in [0.05, 0.1) is 19.3 Å². The van der Waals surface area contributed by atoms with Crippen molar-refractivity contribution in [2.24, 2.45) is 5.73 Å². The zero-order chi connectivity index (χ0) is 30.1. The lowest BCUT2D eigenvalue weighted by atomic mass is 10.0. The van der Waals surface area contributed by atoms with Gasteiger partial charge in [0.2, 0.25) is 21.8 Å². The van der Waals surface area contributed by atoms with Crippen LogP contribution in [0, 0.1) is 0 Å². The second kappa shape index (κ2) is 14.6. The van der Waals surface area contributed by atoms with Crippen molar-refractivity contribution in [1.82, 2.24) is 19.8 Å². The molecule has 1 aliphatic heterocycles. The third-order valence-corrected chi connectivity index (χ3v) is 8.71. The van der Waals surface area contributed by atoms with Crippen molar-refractivity contribution in [2.45, 2.75) is 44.8 Å². The summed E-state index contributed by atoms with van der Waals surface area (Å²) in [6.45, 7) is 1.39. The number of nitrogens with zero attached hydrogens (tertiary/aromatic N) is 2. The molecule has 1 aromatic heterocycles. The lowest BCUT2D eigenvalue weighted by molar-refractivity contribution is -0.143. The number of thiophene rings is 1. The average molecular weight is 616 g/mol. The predicted octanol–water partition coefficient (Wildman–Crippen LogP) is 2.80. The number of hydrogen-bond acceptors (Lipinski definition) is 8. The second-order valence-corrected chi connectivity index (χ2v) is 13.0. The Hall–Kier alpha value is -3.52. The van der Waals surface area contributed by atoms with Crippen LogP contribution in [-0.4, -0.2) is 74.6 Å². The molecule has 3 aromatic rings. The van der Waals surface area contributed by atoms with Crippen LogP contribution in [0.25, 0.3) is 10.8 Å². The zero-order valence-electron chi connectivity index (χ0n) is 23.6. The zero-order valence-corrected chi connectivity index (χ0v) is 25.2. The van der Waals surface area contributed by atoms with E-state index >= 15 is 0 Å². The summed E-state index contributed by atoms with van der Waals surface area (Å²) in [6, 6.07) is 14.0. The van der Waals surface area contributed by atoms with Crippen LogP contribution in [0.2, 0.25) is 0 Å². The van der Waals surface area contributed by atoms with Crippen LogP contribution >= 0.6 is 11.3 Å². The van der Waals surface area contributed by atoms with Crippen LogP contribution in [-0.2, 0) is 32.7 Å². The number of hydrogen-bond donors (Lipinski definition) is 3. The number of nitrogens with one attached hydrogen (secondary N) is 2. The van der Waals surface area contributed by atoms with E-state index in [0.29, 0.717) is 44.6 Å². The minimum absolute atomic E-state index is 0.00204. The van der Waals surface area contributed by atoms with Gasteiger partial charge in [0.15, 0.2) is 0 Å². The van der Waals surface area contributed by atoms with Gasteiger partial charge in [0.1, 0.15) is 11.8 Å². The molecule has 0 radical (unpaired) electrons. The summed E-state index contributed by atoms with van der Waals surface area (Å²) in [5.41, 5.74) is 6.81. The van der Waals surface area contributed by atoms with E-state index in [2.05, 4.69) is 10.0 Å². The van der Waals surface area contributed by atoms with Crippen molar-refractivity contribution in [3.05, 3.63) is 64.4 Å². The van der Waals surface area contributed by atoms with Crippen LogP contribution in [0.3, 0.4) is 0 Å². The van der Waals surface area contributed by atoms with Gasteiger partial charge in [-0.1, -0.05) is 42.8 Å². The predicted molar refractivity (Wildman–Crippen MR) is 162 cm³/mol. The first-order valence-electron chi connectivity index (χ1n) is 13.9. The van der Waals surface area contributed by atoms with Gasteiger partial charge in [-0.2, -0.15) is 0 Å². The summed E-state index contributed by atoms with van der Waals surface area (Å²) in [5, 5.41) is 6.49. The number of nitrogens with two attached hydrogens (primary N) is 1. The summed E-state index contributed by atoms with van der Waals surface area (Å²) in [4.78, 5) is 43.8. The normalized spacial score (nSPS) is 15.5. The Balaban J connectivity index is 1.41. The van der Waals surface area contributed by atoms with E-state index < -0.39 is 22.2 Å². The molecule has 1 aliphatic rings. The van der Waals surface area contributed by atoms with Crippen molar-refractivity contribution in [3.63, 3.8) is 0 Å². The topological polar surface area (TPSA) is 151 Å². The van der Waals surface area contributed by atoms with Crippen LogP contribution in [0.1, 0.15) is 36.1 Å². The number of carbonyl (C=O) groups is 3. The Labute approximate surface area is 250 Å². The van der Waals surface area contributed by atoms with Gasteiger partial charge in [-0.15, -0.1) is 11.3 Å². The highest BCUT2D eigenvalue weighted by Crippen LogP contribution is 2.29. The molecule has 0 unspecified atom stereocenters. The summed E-state index contributed by atoms with van der Waals surface area (Å²) >= 11 is 1.52. The number of piperazine rings is 1. The molecule has 0 spiro atoms. The highest BCUT2D eigenvalue weighted by atomic mass is 32.2. The monoisotopic (exact) mass is 615 g/mol.